The molecule has 0 amide bonds. The maximum absolute atomic E-state index is 10.5. The van der Waals surface area contributed by atoms with E-state index in [1.807, 2.05) is 45.9 Å². The van der Waals surface area contributed by atoms with Crippen molar-refractivity contribution in [2.75, 3.05) is 0 Å². The van der Waals surface area contributed by atoms with E-state index in [4.69, 9.17) is 0 Å². The van der Waals surface area contributed by atoms with Gasteiger partial charge in [-0.3, -0.25) is 4.79 Å². The molecule has 0 N–H and O–H groups in total. The lowest BCUT2D eigenvalue weighted by atomic mass is 10.2. The zero-order valence-electron chi connectivity index (χ0n) is 8.14. The summed E-state index contributed by atoms with van der Waals surface area (Å²) in [5.41, 5.74) is 0.799. The van der Waals surface area contributed by atoms with Gasteiger partial charge in [0.05, 0.1) is 0 Å². The molecule has 0 unspecified atom stereocenters. The molecule has 0 aromatic carbocycles. The normalized spacial score (nSPS) is 10.8. The zero-order chi connectivity index (χ0) is 9.28. The number of ketones is 1. The molecule has 0 aromatic heterocycles. The molecule has 0 aliphatic heterocycles. The smallest absolute Gasteiger partial charge is 0.155 e. The second-order valence-electron chi connectivity index (χ2n) is 1.93. The summed E-state index contributed by atoms with van der Waals surface area (Å²) in [5, 5.41) is 0. The van der Waals surface area contributed by atoms with E-state index in [-0.39, 0.29) is 5.78 Å². The third kappa shape index (κ3) is 9.15. The van der Waals surface area contributed by atoms with Gasteiger partial charge in [0.2, 0.25) is 0 Å². The molecule has 64 valence electrons. The van der Waals surface area contributed by atoms with Gasteiger partial charge >= 0.3 is 0 Å². The van der Waals surface area contributed by atoms with E-state index in [0.29, 0.717) is 0 Å². The average Bonchev–Trinajstić information content (AvgIpc) is 2.03. The summed E-state index contributed by atoms with van der Waals surface area (Å²) in [4.78, 5) is 10.5. The van der Waals surface area contributed by atoms with Crippen LogP contribution < -0.4 is 0 Å². The number of Topliss-reactive ketones (excluding diaryl/α,β-unsaturated/α-hetero) is 1. The van der Waals surface area contributed by atoms with E-state index >= 15 is 0 Å². The van der Waals surface area contributed by atoms with Crippen LogP contribution in [0.4, 0.5) is 0 Å². The van der Waals surface area contributed by atoms with Crippen LogP contribution in [0.25, 0.3) is 0 Å². The van der Waals surface area contributed by atoms with Gasteiger partial charge < -0.3 is 0 Å². The van der Waals surface area contributed by atoms with Crippen LogP contribution in [-0.2, 0) is 4.79 Å². The van der Waals surface area contributed by atoms with Crippen LogP contribution in [0, 0.1) is 0 Å². The van der Waals surface area contributed by atoms with Crippen LogP contribution in [0.2, 0.25) is 0 Å². The Bertz CT molecular complexity index is 152. The Morgan fingerprint density at radius 3 is 1.91 bits per heavy atom. The lowest BCUT2D eigenvalue weighted by molar-refractivity contribution is -0.113. The lowest BCUT2D eigenvalue weighted by Crippen LogP contribution is -1.89. The Kier molecular flexibility index (Phi) is 10.6. The molecule has 0 fully saturated rings. The molecule has 0 saturated carbocycles. The second kappa shape index (κ2) is 9.15. The summed E-state index contributed by atoms with van der Waals surface area (Å²) < 4.78 is 0. The molecule has 1 heteroatoms. The SMILES string of the molecule is C/C=C\C=C(/C)C(C)=O.CC. The van der Waals surface area contributed by atoms with Crippen molar-refractivity contribution in [2.45, 2.75) is 34.6 Å². The van der Waals surface area contributed by atoms with Crippen molar-refractivity contribution < 1.29 is 4.79 Å². The van der Waals surface area contributed by atoms with Crippen LogP contribution in [0.15, 0.2) is 23.8 Å². The zero-order valence-corrected chi connectivity index (χ0v) is 8.14. The predicted octanol–water partition coefficient (Wildman–Crippen LogP) is 3.12. The van der Waals surface area contributed by atoms with E-state index in [1.54, 1.807) is 6.92 Å². The molecule has 0 aliphatic rings. The molecule has 0 saturated heterocycles. The summed E-state index contributed by atoms with van der Waals surface area (Å²) >= 11 is 0. The van der Waals surface area contributed by atoms with Crippen LogP contribution in [-0.4, -0.2) is 5.78 Å². The van der Waals surface area contributed by atoms with Gasteiger partial charge in [-0.15, -0.1) is 0 Å². The molecule has 1 nitrogen and oxygen atoms in total. The molecule has 0 radical (unpaired) electrons. The molecule has 0 aromatic rings. The summed E-state index contributed by atoms with van der Waals surface area (Å²) in [6, 6.07) is 0. The molecule has 0 heterocycles. The highest BCUT2D eigenvalue weighted by atomic mass is 16.1. The molecule has 11 heavy (non-hydrogen) atoms. The van der Waals surface area contributed by atoms with Crippen molar-refractivity contribution in [1.29, 1.82) is 0 Å². The second-order valence-corrected chi connectivity index (χ2v) is 1.93. The average molecular weight is 154 g/mol. The minimum absolute atomic E-state index is 0.133. The van der Waals surface area contributed by atoms with Crippen LogP contribution in [0.3, 0.4) is 0 Å². The van der Waals surface area contributed by atoms with Crippen molar-refractivity contribution in [3.63, 3.8) is 0 Å². The summed E-state index contributed by atoms with van der Waals surface area (Å²) in [7, 11) is 0. The van der Waals surface area contributed by atoms with Gasteiger partial charge in [0.25, 0.3) is 0 Å². The highest BCUT2D eigenvalue weighted by Crippen LogP contribution is 1.93. The molecular weight excluding hydrogens is 136 g/mol. The number of carbonyl (C=O) groups excluding carboxylic acids is 1. The van der Waals surface area contributed by atoms with Crippen molar-refractivity contribution in [3.8, 4) is 0 Å². The Balaban J connectivity index is 0. The highest BCUT2D eigenvalue weighted by Gasteiger charge is 1.90. The molecular formula is C10H18O. The first-order valence-electron chi connectivity index (χ1n) is 3.99. The van der Waals surface area contributed by atoms with E-state index < -0.39 is 0 Å². The lowest BCUT2D eigenvalue weighted by Gasteiger charge is -1.87. The van der Waals surface area contributed by atoms with E-state index in [9.17, 15) is 4.79 Å². The van der Waals surface area contributed by atoms with Gasteiger partial charge in [-0.05, 0) is 26.3 Å². The first-order chi connectivity index (χ1) is 5.18. The fourth-order valence-corrected chi connectivity index (χ4v) is 0.358. The summed E-state index contributed by atoms with van der Waals surface area (Å²) in [5.74, 6) is 0.133. The number of hydrogen-bond acceptors (Lipinski definition) is 1. The number of carbonyl (C=O) groups is 1. The molecule has 0 atom stereocenters. The molecule has 0 aliphatic carbocycles. The molecule has 0 rings (SSSR count). The van der Waals surface area contributed by atoms with Crippen LogP contribution in [0.1, 0.15) is 34.6 Å². The van der Waals surface area contributed by atoms with Crippen molar-refractivity contribution >= 4 is 5.78 Å². The van der Waals surface area contributed by atoms with Crippen molar-refractivity contribution in [2.24, 2.45) is 0 Å². The van der Waals surface area contributed by atoms with Gasteiger partial charge in [0.15, 0.2) is 5.78 Å². The minimum Gasteiger partial charge on any atom is -0.295 e. The molecule has 0 bridgehead atoms. The van der Waals surface area contributed by atoms with Crippen molar-refractivity contribution in [1.82, 2.24) is 0 Å². The van der Waals surface area contributed by atoms with Gasteiger partial charge in [0, 0.05) is 0 Å². The third-order valence-electron chi connectivity index (χ3n) is 1.09. The fourth-order valence-electron chi connectivity index (χ4n) is 0.358. The topological polar surface area (TPSA) is 17.1 Å². The van der Waals surface area contributed by atoms with Gasteiger partial charge in [0.1, 0.15) is 0 Å². The number of hydrogen-bond donors (Lipinski definition) is 0. The van der Waals surface area contributed by atoms with Gasteiger partial charge in [-0.2, -0.15) is 0 Å². The maximum Gasteiger partial charge on any atom is 0.155 e. The summed E-state index contributed by atoms with van der Waals surface area (Å²) in [6.45, 7) is 9.29. The summed E-state index contributed by atoms with van der Waals surface area (Å²) in [6.07, 6.45) is 5.56. The van der Waals surface area contributed by atoms with Gasteiger partial charge in [-0.1, -0.05) is 32.1 Å². The van der Waals surface area contributed by atoms with Gasteiger partial charge in [-0.25, -0.2) is 0 Å². The highest BCUT2D eigenvalue weighted by molar-refractivity contribution is 5.92. The first kappa shape index (κ1) is 12.8. The standard InChI is InChI=1S/C8H12O.C2H6/c1-4-5-6-7(2)8(3)9;1-2/h4-6H,1-3H3;1-2H3/b5-4-,7-6+;. The quantitative estimate of drug-likeness (QED) is 0.441. The number of allylic oxidation sites excluding steroid dienone is 4. The van der Waals surface area contributed by atoms with E-state index in [1.165, 1.54) is 0 Å². The van der Waals surface area contributed by atoms with Crippen molar-refractivity contribution in [3.05, 3.63) is 23.8 Å². The number of rotatable bonds is 2. The Labute approximate surface area is 69.8 Å². The predicted molar refractivity (Wildman–Crippen MR) is 50.6 cm³/mol. The van der Waals surface area contributed by atoms with E-state index in [0.717, 1.165) is 5.57 Å². The third-order valence-corrected chi connectivity index (χ3v) is 1.09. The Hall–Kier alpha value is -0.850. The maximum atomic E-state index is 10.5. The Morgan fingerprint density at radius 1 is 1.18 bits per heavy atom. The fraction of sp³-hybridized carbons (Fsp3) is 0.500. The van der Waals surface area contributed by atoms with Crippen LogP contribution >= 0.6 is 0 Å². The largest absolute Gasteiger partial charge is 0.295 e. The minimum atomic E-state index is 0.133. The van der Waals surface area contributed by atoms with Crippen LogP contribution in [0.5, 0.6) is 0 Å². The molecule has 0 spiro atoms. The monoisotopic (exact) mass is 154 g/mol. The van der Waals surface area contributed by atoms with E-state index in [2.05, 4.69) is 0 Å². The first-order valence-corrected chi connectivity index (χ1v) is 3.99. The Morgan fingerprint density at radius 2 is 1.64 bits per heavy atom.